The highest BCUT2D eigenvalue weighted by atomic mass is 16.6. The smallest absolute Gasteiger partial charge is 0.312 e. The molecule has 1 heterocycles. The van der Waals surface area contributed by atoms with Crippen LogP contribution in [0.2, 0.25) is 0 Å². The Morgan fingerprint density at radius 1 is 1.43 bits per heavy atom. The van der Waals surface area contributed by atoms with Gasteiger partial charge in [-0.15, -0.1) is 0 Å². The number of ether oxygens (including phenoxy) is 1. The molecule has 0 amide bonds. The van der Waals surface area contributed by atoms with Crippen molar-refractivity contribution in [3.05, 3.63) is 57.8 Å². The molecule has 8 nitrogen and oxygen atoms in total. The monoisotopic (exact) mass is 285 g/mol. The summed E-state index contributed by atoms with van der Waals surface area (Å²) >= 11 is 0. The van der Waals surface area contributed by atoms with Gasteiger partial charge in [0.25, 0.3) is 0 Å². The van der Waals surface area contributed by atoms with Crippen LogP contribution in [0.5, 0.6) is 5.75 Å². The highest BCUT2D eigenvalue weighted by Gasteiger charge is 2.16. The summed E-state index contributed by atoms with van der Waals surface area (Å²) in [6, 6.07) is 11.0. The van der Waals surface area contributed by atoms with E-state index in [0.717, 1.165) is 0 Å². The standard InChI is InChI=1S/C13H11N5O3/c14-7-9-4-5-12(11(6-9)18(19)20)21-8-10-2-1-3-13(16-10)17-15/h1-6H,8,15H2,(H,16,17). The molecule has 0 saturated carbocycles. The number of benzene rings is 1. The Morgan fingerprint density at radius 2 is 2.24 bits per heavy atom. The lowest BCUT2D eigenvalue weighted by Gasteiger charge is -2.07. The third kappa shape index (κ3) is 3.43. The molecule has 3 N–H and O–H groups in total. The van der Waals surface area contributed by atoms with Crippen molar-refractivity contribution in [3.8, 4) is 11.8 Å². The number of nitro groups is 1. The molecular formula is C13H11N5O3. The van der Waals surface area contributed by atoms with Crippen LogP contribution in [0.3, 0.4) is 0 Å². The van der Waals surface area contributed by atoms with Crippen LogP contribution < -0.4 is 16.0 Å². The third-order valence-electron chi connectivity index (χ3n) is 2.61. The summed E-state index contributed by atoms with van der Waals surface area (Å²) in [6.45, 7) is 0.0439. The van der Waals surface area contributed by atoms with E-state index in [0.29, 0.717) is 11.5 Å². The van der Waals surface area contributed by atoms with E-state index < -0.39 is 4.92 Å². The number of pyridine rings is 1. The number of nitrogen functional groups attached to an aromatic ring is 1. The number of nitro benzene ring substituents is 1. The van der Waals surface area contributed by atoms with E-state index in [4.69, 9.17) is 15.8 Å². The van der Waals surface area contributed by atoms with Gasteiger partial charge in [0.1, 0.15) is 12.4 Å². The minimum Gasteiger partial charge on any atom is -0.480 e. The highest BCUT2D eigenvalue weighted by molar-refractivity contribution is 5.51. The van der Waals surface area contributed by atoms with Crippen LogP contribution >= 0.6 is 0 Å². The van der Waals surface area contributed by atoms with Crippen LogP contribution in [0, 0.1) is 21.4 Å². The molecule has 1 aromatic carbocycles. The molecule has 0 aliphatic heterocycles. The maximum Gasteiger partial charge on any atom is 0.312 e. The van der Waals surface area contributed by atoms with Gasteiger partial charge in [-0.3, -0.25) is 10.1 Å². The minimum absolute atomic E-state index is 0.0439. The van der Waals surface area contributed by atoms with Gasteiger partial charge in [-0.25, -0.2) is 10.8 Å². The van der Waals surface area contributed by atoms with Crippen LogP contribution in [-0.4, -0.2) is 9.91 Å². The molecule has 0 saturated heterocycles. The molecule has 21 heavy (non-hydrogen) atoms. The molecule has 0 aliphatic carbocycles. The van der Waals surface area contributed by atoms with Crippen molar-refractivity contribution < 1.29 is 9.66 Å². The Bertz CT molecular complexity index is 711. The van der Waals surface area contributed by atoms with Gasteiger partial charge in [-0.1, -0.05) is 6.07 Å². The number of hydrazine groups is 1. The molecule has 0 spiro atoms. The fraction of sp³-hybridized carbons (Fsp3) is 0.0769. The van der Waals surface area contributed by atoms with Gasteiger partial charge >= 0.3 is 5.69 Å². The van der Waals surface area contributed by atoms with Crippen LogP contribution in [0.1, 0.15) is 11.3 Å². The molecule has 0 fully saturated rings. The van der Waals surface area contributed by atoms with Crippen molar-refractivity contribution in [2.24, 2.45) is 5.84 Å². The zero-order valence-electron chi connectivity index (χ0n) is 10.8. The summed E-state index contributed by atoms with van der Waals surface area (Å²) in [7, 11) is 0. The summed E-state index contributed by atoms with van der Waals surface area (Å²) < 4.78 is 5.40. The summed E-state index contributed by atoms with van der Waals surface area (Å²) in [6.07, 6.45) is 0. The number of hydrogen-bond donors (Lipinski definition) is 2. The van der Waals surface area contributed by atoms with Crippen molar-refractivity contribution >= 4 is 11.5 Å². The molecule has 2 rings (SSSR count). The number of nitriles is 1. The van der Waals surface area contributed by atoms with Gasteiger partial charge in [0.05, 0.1) is 22.2 Å². The Labute approximate surface area is 119 Å². The van der Waals surface area contributed by atoms with Crippen LogP contribution in [0.15, 0.2) is 36.4 Å². The highest BCUT2D eigenvalue weighted by Crippen LogP contribution is 2.28. The van der Waals surface area contributed by atoms with E-state index in [1.165, 1.54) is 18.2 Å². The summed E-state index contributed by atoms with van der Waals surface area (Å²) in [5.41, 5.74) is 2.89. The average molecular weight is 285 g/mol. The van der Waals surface area contributed by atoms with Crippen molar-refractivity contribution in [1.82, 2.24) is 4.98 Å². The minimum atomic E-state index is -0.596. The van der Waals surface area contributed by atoms with Gasteiger partial charge in [0, 0.05) is 6.07 Å². The second-order valence-corrected chi connectivity index (χ2v) is 4.00. The number of aromatic nitrogens is 1. The van der Waals surface area contributed by atoms with Gasteiger partial charge in [-0.2, -0.15) is 5.26 Å². The first-order valence-corrected chi connectivity index (χ1v) is 5.88. The molecule has 0 atom stereocenters. The first kappa shape index (κ1) is 14.2. The number of nitrogens with zero attached hydrogens (tertiary/aromatic N) is 3. The zero-order chi connectivity index (χ0) is 15.2. The van der Waals surface area contributed by atoms with Crippen molar-refractivity contribution in [1.29, 1.82) is 5.26 Å². The largest absolute Gasteiger partial charge is 0.480 e. The summed E-state index contributed by atoms with van der Waals surface area (Å²) in [5, 5.41) is 19.7. The average Bonchev–Trinajstić information content (AvgIpc) is 2.52. The number of nitrogens with one attached hydrogen (secondary N) is 1. The Balaban J connectivity index is 2.19. The molecule has 1 aromatic heterocycles. The van der Waals surface area contributed by atoms with E-state index in [1.807, 2.05) is 6.07 Å². The molecule has 2 aromatic rings. The van der Waals surface area contributed by atoms with Crippen molar-refractivity contribution in [3.63, 3.8) is 0 Å². The molecule has 0 unspecified atom stereocenters. The van der Waals surface area contributed by atoms with Crippen LogP contribution in [0.4, 0.5) is 11.5 Å². The van der Waals surface area contributed by atoms with E-state index in [2.05, 4.69) is 10.4 Å². The van der Waals surface area contributed by atoms with Gasteiger partial charge in [-0.05, 0) is 24.3 Å². The Kier molecular flexibility index (Phi) is 4.28. The zero-order valence-corrected chi connectivity index (χ0v) is 10.8. The molecular weight excluding hydrogens is 274 g/mol. The Hall–Kier alpha value is -3.18. The van der Waals surface area contributed by atoms with E-state index in [1.54, 1.807) is 18.2 Å². The van der Waals surface area contributed by atoms with Crippen molar-refractivity contribution in [2.75, 3.05) is 5.43 Å². The quantitative estimate of drug-likeness (QED) is 0.486. The van der Waals surface area contributed by atoms with Crippen LogP contribution in [-0.2, 0) is 6.61 Å². The maximum absolute atomic E-state index is 11.0. The van der Waals surface area contributed by atoms with E-state index >= 15 is 0 Å². The molecule has 0 aliphatic rings. The summed E-state index contributed by atoms with van der Waals surface area (Å²) in [4.78, 5) is 14.5. The van der Waals surface area contributed by atoms with E-state index in [-0.39, 0.29) is 23.6 Å². The van der Waals surface area contributed by atoms with Gasteiger partial charge in [0.2, 0.25) is 0 Å². The van der Waals surface area contributed by atoms with Gasteiger partial charge in [0.15, 0.2) is 5.75 Å². The predicted octanol–water partition coefficient (Wildman–Crippen LogP) is 1.73. The fourth-order valence-electron chi connectivity index (χ4n) is 1.64. The molecule has 0 radical (unpaired) electrons. The molecule has 8 heteroatoms. The van der Waals surface area contributed by atoms with E-state index in [9.17, 15) is 10.1 Å². The fourth-order valence-corrected chi connectivity index (χ4v) is 1.64. The second kappa shape index (κ2) is 6.31. The topological polar surface area (TPSA) is 127 Å². The lowest BCUT2D eigenvalue weighted by atomic mass is 10.2. The summed E-state index contributed by atoms with van der Waals surface area (Å²) in [5.74, 6) is 5.79. The molecule has 0 bridgehead atoms. The lowest BCUT2D eigenvalue weighted by molar-refractivity contribution is -0.386. The van der Waals surface area contributed by atoms with Crippen molar-refractivity contribution in [2.45, 2.75) is 6.61 Å². The van der Waals surface area contributed by atoms with Gasteiger partial charge < -0.3 is 10.2 Å². The predicted molar refractivity (Wildman–Crippen MR) is 74.2 cm³/mol. The first-order chi connectivity index (χ1) is 10.1. The number of nitrogens with two attached hydrogens (primary N) is 1. The third-order valence-corrected chi connectivity index (χ3v) is 2.61. The number of hydrogen-bond acceptors (Lipinski definition) is 7. The molecule has 106 valence electrons. The normalized spacial score (nSPS) is 9.71. The first-order valence-electron chi connectivity index (χ1n) is 5.88. The lowest BCUT2D eigenvalue weighted by Crippen LogP contribution is -2.10. The van der Waals surface area contributed by atoms with Crippen LogP contribution in [0.25, 0.3) is 0 Å². The second-order valence-electron chi connectivity index (χ2n) is 4.00. The number of rotatable bonds is 5. The number of anilines is 1. The maximum atomic E-state index is 11.0. The Morgan fingerprint density at radius 3 is 2.90 bits per heavy atom. The SMILES string of the molecule is N#Cc1ccc(OCc2cccc(NN)n2)c([N+](=O)[O-])c1.